The minimum atomic E-state index is 1.27. The number of rotatable bonds is 6. The third kappa shape index (κ3) is 6.48. The highest BCUT2D eigenvalue weighted by molar-refractivity contribution is 6.05. The maximum atomic E-state index is 2.70. The number of hydrogen-bond acceptors (Lipinski definition) is 2. The Morgan fingerprint density at radius 2 is 0.410 bits per heavy atom. The van der Waals surface area contributed by atoms with Crippen molar-refractivity contribution in [1.29, 1.82) is 0 Å². The normalized spacial score (nSPS) is 11.7. The van der Waals surface area contributed by atoms with Gasteiger partial charge < -0.3 is 9.80 Å². The van der Waals surface area contributed by atoms with Crippen LogP contribution in [0.25, 0.3) is 10.8 Å². The van der Waals surface area contributed by atoms with E-state index in [0.717, 1.165) is 0 Å². The van der Waals surface area contributed by atoms with Crippen molar-refractivity contribution >= 4 is 44.9 Å². The molecule has 0 aliphatic heterocycles. The van der Waals surface area contributed by atoms with Crippen LogP contribution in [0, 0.1) is 173 Å². The highest BCUT2D eigenvalue weighted by Gasteiger charge is 2.32. The summed E-state index contributed by atoms with van der Waals surface area (Å²) in [6.45, 7) is 58.4. The van der Waals surface area contributed by atoms with Crippen LogP contribution in [0.15, 0.2) is 6.07 Å². The van der Waals surface area contributed by atoms with Crippen LogP contribution in [0.5, 0.6) is 0 Å². The molecule has 0 saturated heterocycles. The van der Waals surface area contributed by atoms with E-state index in [1.54, 1.807) is 0 Å². The number of aryl methyl sites for hydroxylation is 4. The van der Waals surface area contributed by atoms with Gasteiger partial charge in [0.05, 0.1) is 28.4 Å². The fourth-order valence-corrected chi connectivity index (χ4v) is 11.1. The first-order chi connectivity index (χ1) is 28.3. The molecule has 2 heteroatoms. The molecule has 0 unspecified atom stereocenters. The van der Waals surface area contributed by atoms with Crippen LogP contribution >= 0.6 is 0 Å². The largest absolute Gasteiger partial charge is 0.309 e. The third-order valence-corrected chi connectivity index (χ3v) is 17.0. The zero-order valence-electron chi connectivity index (χ0n) is 43.0. The van der Waals surface area contributed by atoms with E-state index in [9.17, 15) is 0 Å². The highest BCUT2D eigenvalue weighted by Crippen LogP contribution is 2.53. The van der Waals surface area contributed by atoms with Gasteiger partial charge in [0.1, 0.15) is 0 Å². The van der Waals surface area contributed by atoms with Gasteiger partial charge in [-0.1, -0.05) is 0 Å². The SMILES string of the molecule is Cc1c(C)c(C)c(N(c2cc(C)c3c(C)c(N(c4c(C)c(C)c(C)c(C)c4C)c4c(C)c(C)c(C)c(C)c4C)c(C)c(C)c3c2C)c2c(C)c(C)c(C)c(C)c2C)c(C)c1C. The molecule has 0 aliphatic rings. The molecule has 0 bridgehead atoms. The fraction of sp³-hybridized carbons (Fsp3) is 0.424. The van der Waals surface area contributed by atoms with Gasteiger partial charge in [-0.05, 0) is 329 Å². The number of benzene rings is 6. The molecule has 0 N–H and O–H groups in total. The average molecular weight is 813 g/mol. The molecule has 0 amide bonds. The first kappa shape index (κ1) is 45.7. The second-order valence-electron chi connectivity index (χ2n) is 19.4. The minimum absolute atomic E-state index is 1.27. The predicted molar refractivity (Wildman–Crippen MR) is 272 cm³/mol. The monoisotopic (exact) mass is 813 g/mol. The van der Waals surface area contributed by atoms with Crippen molar-refractivity contribution in [2.45, 2.75) is 173 Å². The Morgan fingerprint density at radius 1 is 0.197 bits per heavy atom. The molecule has 0 spiro atoms. The van der Waals surface area contributed by atoms with E-state index < -0.39 is 0 Å². The number of anilines is 6. The van der Waals surface area contributed by atoms with Crippen LogP contribution in [0.1, 0.15) is 139 Å². The van der Waals surface area contributed by atoms with Gasteiger partial charge in [-0.3, -0.25) is 0 Å². The summed E-state index contributed by atoms with van der Waals surface area (Å²) < 4.78 is 0. The Kier molecular flexibility index (Phi) is 11.9. The van der Waals surface area contributed by atoms with E-state index in [2.05, 4.69) is 189 Å². The Bertz CT molecular complexity index is 2640. The Morgan fingerprint density at radius 3 is 0.689 bits per heavy atom. The van der Waals surface area contributed by atoms with Gasteiger partial charge in [-0.25, -0.2) is 0 Å². The van der Waals surface area contributed by atoms with E-state index >= 15 is 0 Å². The molecule has 6 rings (SSSR count). The van der Waals surface area contributed by atoms with Gasteiger partial charge in [0.2, 0.25) is 0 Å². The Hall–Kier alpha value is -4.82. The lowest BCUT2D eigenvalue weighted by Gasteiger charge is -2.38. The van der Waals surface area contributed by atoms with Crippen LogP contribution in [0.3, 0.4) is 0 Å². The Labute approximate surface area is 371 Å². The average Bonchev–Trinajstić information content (AvgIpc) is 3.22. The molecule has 6 aromatic rings. The van der Waals surface area contributed by atoms with Gasteiger partial charge in [0.15, 0.2) is 0 Å². The molecule has 0 atom stereocenters. The molecule has 0 saturated carbocycles. The smallest absolute Gasteiger partial charge is 0.0529 e. The van der Waals surface area contributed by atoms with Crippen LogP contribution in [-0.2, 0) is 0 Å². The second-order valence-corrected chi connectivity index (χ2v) is 19.4. The van der Waals surface area contributed by atoms with Crippen LogP contribution in [0.4, 0.5) is 34.1 Å². The molecule has 322 valence electrons. The van der Waals surface area contributed by atoms with Crippen molar-refractivity contribution < 1.29 is 0 Å². The zero-order valence-corrected chi connectivity index (χ0v) is 43.0. The molecule has 0 aliphatic carbocycles. The third-order valence-electron chi connectivity index (χ3n) is 17.0. The second kappa shape index (κ2) is 15.8. The van der Waals surface area contributed by atoms with Gasteiger partial charge in [0.25, 0.3) is 0 Å². The molecule has 2 nitrogen and oxygen atoms in total. The van der Waals surface area contributed by atoms with Crippen molar-refractivity contribution in [3.63, 3.8) is 0 Å². The van der Waals surface area contributed by atoms with E-state index in [1.807, 2.05) is 0 Å². The van der Waals surface area contributed by atoms with Gasteiger partial charge in [-0.15, -0.1) is 0 Å². The quantitative estimate of drug-likeness (QED) is 0.165. The van der Waals surface area contributed by atoms with Crippen LogP contribution in [-0.4, -0.2) is 0 Å². The molecular formula is C59H76N2. The molecule has 6 aromatic carbocycles. The molecule has 61 heavy (non-hydrogen) atoms. The topological polar surface area (TPSA) is 6.48 Å². The summed E-state index contributed by atoms with van der Waals surface area (Å²) in [6, 6.07) is 2.52. The Balaban J connectivity index is 1.84. The summed E-state index contributed by atoms with van der Waals surface area (Å²) in [5.41, 5.74) is 41.9. The van der Waals surface area contributed by atoms with Crippen LogP contribution in [0.2, 0.25) is 0 Å². The van der Waals surface area contributed by atoms with E-state index in [-0.39, 0.29) is 0 Å². The van der Waals surface area contributed by atoms with Crippen molar-refractivity contribution in [2.75, 3.05) is 9.80 Å². The van der Waals surface area contributed by atoms with Crippen molar-refractivity contribution in [3.8, 4) is 0 Å². The summed E-state index contributed by atoms with van der Waals surface area (Å²) in [4.78, 5) is 5.38. The summed E-state index contributed by atoms with van der Waals surface area (Å²) in [5, 5.41) is 2.74. The fourth-order valence-electron chi connectivity index (χ4n) is 11.1. The maximum absolute atomic E-state index is 2.70. The van der Waals surface area contributed by atoms with Crippen molar-refractivity contribution in [3.05, 3.63) is 145 Å². The maximum Gasteiger partial charge on any atom is 0.0529 e. The summed E-state index contributed by atoms with van der Waals surface area (Å²) in [5.74, 6) is 0. The standard InChI is InChI=1S/C59H76N2/c1-27-26-52(60(55-41(15)32(6)28(2)33(7)42(55)16)56-43(17)34(8)29(3)35(9)44(56)18)50(24)54-40(14)49(23)59(51(25)53(27)54)61(57-45(19)36(10)30(4)37(11)46(57)20)58-47(21)38(12)31(5)39(13)48(58)22/h26H,1-25H3. The summed E-state index contributed by atoms with van der Waals surface area (Å²) in [6.07, 6.45) is 0. The summed E-state index contributed by atoms with van der Waals surface area (Å²) in [7, 11) is 0. The summed E-state index contributed by atoms with van der Waals surface area (Å²) >= 11 is 0. The zero-order chi connectivity index (χ0) is 45.9. The van der Waals surface area contributed by atoms with Gasteiger partial charge in [0, 0.05) is 5.69 Å². The van der Waals surface area contributed by atoms with E-state index in [1.165, 1.54) is 184 Å². The van der Waals surface area contributed by atoms with Crippen molar-refractivity contribution in [1.82, 2.24) is 0 Å². The lowest BCUT2D eigenvalue weighted by Crippen LogP contribution is -2.22. The molecule has 0 aromatic heterocycles. The predicted octanol–water partition coefficient (Wildman–Crippen LogP) is 17.5. The number of hydrogen-bond donors (Lipinski definition) is 0. The number of fused-ring (bicyclic) bond motifs is 1. The lowest BCUT2D eigenvalue weighted by atomic mass is 9.84. The first-order valence-electron chi connectivity index (χ1n) is 22.7. The lowest BCUT2D eigenvalue weighted by molar-refractivity contribution is 1.08. The van der Waals surface area contributed by atoms with Gasteiger partial charge in [-0.2, -0.15) is 0 Å². The molecule has 0 fully saturated rings. The highest BCUT2D eigenvalue weighted by atomic mass is 15.2. The van der Waals surface area contributed by atoms with Crippen LogP contribution < -0.4 is 9.80 Å². The minimum Gasteiger partial charge on any atom is -0.309 e. The molecule has 0 heterocycles. The molecule has 0 radical (unpaired) electrons. The van der Waals surface area contributed by atoms with E-state index in [0.29, 0.717) is 0 Å². The van der Waals surface area contributed by atoms with E-state index in [4.69, 9.17) is 0 Å². The first-order valence-corrected chi connectivity index (χ1v) is 22.7. The van der Waals surface area contributed by atoms with Gasteiger partial charge >= 0.3 is 0 Å². The number of nitrogens with zero attached hydrogens (tertiary/aromatic N) is 2. The van der Waals surface area contributed by atoms with Crippen molar-refractivity contribution in [2.24, 2.45) is 0 Å². The molecular weight excluding hydrogens is 737 g/mol.